The second-order valence-electron chi connectivity index (χ2n) is 5.80. The van der Waals surface area contributed by atoms with Crippen molar-refractivity contribution in [2.24, 2.45) is 5.10 Å². The van der Waals surface area contributed by atoms with Crippen LogP contribution in [-0.4, -0.2) is 30.2 Å². The zero-order chi connectivity index (χ0) is 19.2. The molecule has 0 spiro atoms. The van der Waals surface area contributed by atoms with Crippen LogP contribution in [0.1, 0.15) is 29.9 Å². The third kappa shape index (κ3) is 4.20. The fraction of sp³-hybridized carbons (Fsp3) is 0.200. The topological polar surface area (TPSA) is 87.8 Å². The van der Waals surface area contributed by atoms with E-state index in [0.717, 1.165) is 24.2 Å². The van der Waals surface area contributed by atoms with Crippen LogP contribution in [-0.2, 0) is 0 Å². The second kappa shape index (κ2) is 8.27. The van der Waals surface area contributed by atoms with Gasteiger partial charge in [-0.2, -0.15) is 5.10 Å². The minimum absolute atomic E-state index is 0.240. The van der Waals surface area contributed by atoms with Gasteiger partial charge in [0.15, 0.2) is 0 Å². The quantitative estimate of drug-likeness (QED) is 0.413. The van der Waals surface area contributed by atoms with Gasteiger partial charge in [-0.3, -0.25) is 9.78 Å². The van der Waals surface area contributed by atoms with Crippen LogP contribution < -0.4 is 16.0 Å². The number of rotatable bonds is 6. The zero-order valence-corrected chi connectivity index (χ0v) is 15.2. The molecule has 3 aromatic rings. The predicted molar refractivity (Wildman–Crippen MR) is 105 cm³/mol. The van der Waals surface area contributed by atoms with Gasteiger partial charge in [0.25, 0.3) is 5.91 Å². The van der Waals surface area contributed by atoms with Gasteiger partial charge in [-0.15, -0.1) is 0 Å². The Morgan fingerprint density at radius 2 is 2.04 bits per heavy atom. The SMILES string of the molecule is CCN(CC)c1ccc2cc(/C=N/NC(=O)c3ccccn3)c(=O)oc2c1. The molecule has 2 heterocycles. The Labute approximate surface area is 156 Å². The number of amides is 1. The molecule has 0 bridgehead atoms. The van der Waals surface area contributed by atoms with Gasteiger partial charge < -0.3 is 9.32 Å². The highest BCUT2D eigenvalue weighted by Gasteiger charge is 2.08. The van der Waals surface area contributed by atoms with Crippen LogP contribution in [0.3, 0.4) is 0 Å². The van der Waals surface area contributed by atoms with Crippen molar-refractivity contribution in [2.75, 3.05) is 18.0 Å². The van der Waals surface area contributed by atoms with Crippen LogP contribution >= 0.6 is 0 Å². The van der Waals surface area contributed by atoms with Crippen LogP contribution in [0.15, 0.2) is 63.0 Å². The number of hydrazone groups is 1. The van der Waals surface area contributed by atoms with Gasteiger partial charge in [0.1, 0.15) is 11.3 Å². The van der Waals surface area contributed by atoms with E-state index in [-0.39, 0.29) is 11.3 Å². The molecule has 0 saturated heterocycles. The van der Waals surface area contributed by atoms with Crippen LogP contribution in [0.25, 0.3) is 11.0 Å². The number of anilines is 1. The summed E-state index contributed by atoms with van der Waals surface area (Å²) in [6, 6.07) is 12.4. The second-order valence-corrected chi connectivity index (χ2v) is 5.80. The molecular weight excluding hydrogens is 344 g/mol. The molecule has 0 unspecified atom stereocenters. The highest BCUT2D eigenvalue weighted by molar-refractivity contribution is 5.93. The lowest BCUT2D eigenvalue weighted by Gasteiger charge is -2.20. The number of pyridine rings is 1. The molecule has 7 heteroatoms. The molecule has 1 N–H and O–H groups in total. The Kier molecular flexibility index (Phi) is 5.61. The van der Waals surface area contributed by atoms with Crippen molar-refractivity contribution >= 4 is 28.8 Å². The summed E-state index contributed by atoms with van der Waals surface area (Å²) in [7, 11) is 0. The summed E-state index contributed by atoms with van der Waals surface area (Å²) >= 11 is 0. The minimum Gasteiger partial charge on any atom is -0.422 e. The van der Waals surface area contributed by atoms with E-state index >= 15 is 0 Å². The molecule has 1 aromatic carbocycles. The number of fused-ring (bicyclic) bond motifs is 1. The first-order valence-electron chi connectivity index (χ1n) is 8.69. The zero-order valence-electron chi connectivity index (χ0n) is 15.2. The van der Waals surface area contributed by atoms with Crippen LogP contribution in [0.5, 0.6) is 0 Å². The van der Waals surface area contributed by atoms with E-state index < -0.39 is 11.5 Å². The monoisotopic (exact) mass is 364 g/mol. The van der Waals surface area contributed by atoms with Gasteiger partial charge in [-0.25, -0.2) is 10.2 Å². The molecule has 3 rings (SSSR count). The number of hydrogen-bond acceptors (Lipinski definition) is 6. The maximum atomic E-state index is 12.2. The van der Waals surface area contributed by atoms with Crippen molar-refractivity contribution in [3.8, 4) is 0 Å². The average molecular weight is 364 g/mol. The normalized spacial score (nSPS) is 11.0. The molecule has 0 atom stereocenters. The Balaban J connectivity index is 1.81. The van der Waals surface area contributed by atoms with Crippen LogP contribution in [0.2, 0.25) is 0 Å². The number of aromatic nitrogens is 1. The van der Waals surface area contributed by atoms with Crippen molar-refractivity contribution in [3.05, 3.63) is 70.3 Å². The van der Waals surface area contributed by atoms with E-state index in [1.54, 1.807) is 24.3 Å². The van der Waals surface area contributed by atoms with Crippen molar-refractivity contribution in [3.63, 3.8) is 0 Å². The number of nitrogens with zero attached hydrogens (tertiary/aromatic N) is 3. The summed E-state index contributed by atoms with van der Waals surface area (Å²) in [5.74, 6) is -0.458. The van der Waals surface area contributed by atoms with Gasteiger partial charge in [0.2, 0.25) is 0 Å². The van der Waals surface area contributed by atoms with E-state index in [9.17, 15) is 9.59 Å². The maximum Gasteiger partial charge on any atom is 0.345 e. The summed E-state index contributed by atoms with van der Waals surface area (Å²) in [5, 5.41) is 4.61. The van der Waals surface area contributed by atoms with Crippen molar-refractivity contribution in [1.29, 1.82) is 0 Å². The highest BCUT2D eigenvalue weighted by atomic mass is 16.4. The summed E-state index contributed by atoms with van der Waals surface area (Å²) in [4.78, 5) is 30.2. The fourth-order valence-corrected chi connectivity index (χ4v) is 2.71. The standard InChI is InChI=1S/C20H20N4O3/c1-3-24(4-2)16-9-8-14-11-15(20(26)27-18(14)12-16)13-22-23-19(25)17-7-5-6-10-21-17/h5-13H,3-4H2,1-2H3,(H,23,25)/b22-13+. The molecule has 2 aromatic heterocycles. The lowest BCUT2D eigenvalue weighted by Crippen LogP contribution is -2.21. The largest absolute Gasteiger partial charge is 0.422 e. The molecule has 0 aliphatic carbocycles. The summed E-state index contributed by atoms with van der Waals surface area (Å²) in [5.41, 5.74) is 3.83. The maximum absolute atomic E-state index is 12.2. The van der Waals surface area contributed by atoms with E-state index in [4.69, 9.17) is 4.42 Å². The molecule has 0 radical (unpaired) electrons. The lowest BCUT2D eigenvalue weighted by molar-refractivity contribution is 0.0950. The Hall–Kier alpha value is -3.48. The Morgan fingerprint density at radius 1 is 1.22 bits per heavy atom. The Bertz CT molecular complexity index is 1020. The average Bonchev–Trinajstić information content (AvgIpc) is 2.70. The highest BCUT2D eigenvalue weighted by Crippen LogP contribution is 2.21. The first-order valence-corrected chi connectivity index (χ1v) is 8.69. The number of hydrogen-bond donors (Lipinski definition) is 1. The molecule has 27 heavy (non-hydrogen) atoms. The summed E-state index contributed by atoms with van der Waals surface area (Å²) in [6.07, 6.45) is 2.79. The van der Waals surface area contributed by atoms with Crippen molar-refractivity contribution < 1.29 is 9.21 Å². The summed E-state index contributed by atoms with van der Waals surface area (Å²) in [6.45, 7) is 5.88. The third-order valence-corrected chi connectivity index (χ3v) is 4.14. The first-order chi connectivity index (χ1) is 13.1. The molecule has 7 nitrogen and oxygen atoms in total. The number of nitrogens with one attached hydrogen (secondary N) is 1. The fourth-order valence-electron chi connectivity index (χ4n) is 2.71. The number of carbonyl (C=O) groups is 1. The van der Waals surface area contributed by atoms with Crippen molar-refractivity contribution in [2.45, 2.75) is 13.8 Å². The smallest absolute Gasteiger partial charge is 0.345 e. The van der Waals surface area contributed by atoms with Gasteiger partial charge >= 0.3 is 5.63 Å². The van der Waals surface area contributed by atoms with E-state index in [0.29, 0.717) is 5.58 Å². The van der Waals surface area contributed by atoms with Crippen LogP contribution in [0.4, 0.5) is 5.69 Å². The molecule has 0 aliphatic heterocycles. The molecular formula is C20H20N4O3. The van der Waals surface area contributed by atoms with E-state index in [1.807, 2.05) is 18.2 Å². The van der Waals surface area contributed by atoms with Crippen LogP contribution in [0, 0.1) is 0 Å². The molecule has 138 valence electrons. The number of benzene rings is 1. The summed E-state index contributed by atoms with van der Waals surface area (Å²) < 4.78 is 5.42. The van der Waals surface area contributed by atoms with Gasteiger partial charge in [0, 0.05) is 36.4 Å². The first kappa shape index (κ1) is 18.3. The number of carbonyl (C=O) groups excluding carboxylic acids is 1. The van der Waals surface area contributed by atoms with E-state index in [1.165, 1.54) is 12.4 Å². The predicted octanol–water partition coefficient (Wildman–Crippen LogP) is 2.80. The lowest BCUT2D eigenvalue weighted by atomic mass is 10.1. The van der Waals surface area contributed by atoms with Gasteiger partial charge in [0.05, 0.1) is 11.8 Å². The van der Waals surface area contributed by atoms with E-state index in [2.05, 4.69) is 34.3 Å². The molecule has 1 amide bonds. The minimum atomic E-state index is -0.518. The third-order valence-electron chi connectivity index (χ3n) is 4.14. The molecule has 0 fully saturated rings. The van der Waals surface area contributed by atoms with Gasteiger partial charge in [-0.1, -0.05) is 6.07 Å². The Morgan fingerprint density at radius 3 is 2.74 bits per heavy atom. The van der Waals surface area contributed by atoms with Gasteiger partial charge in [-0.05, 0) is 44.2 Å². The molecule has 0 aliphatic rings. The van der Waals surface area contributed by atoms with Crippen molar-refractivity contribution in [1.82, 2.24) is 10.4 Å². The molecule has 0 saturated carbocycles.